The molecule has 1 aromatic heterocycles. The zero-order valence-corrected chi connectivity index (χ0v) is 8.99. The van der Waals surface area contributed by atoms with Gasteiger partial charge in [-0.05, 0) is 14.0 Å². The maximum atomic E-state index is 5.42. The van der Waals surface area contributed by atoms with Crippen LogP contribution in [0.3, 0.4) is 0 Å². The second kappa shape index (κ2) is 4.55. The van der Waals surface area contributed by atoms with Gasteiger partial charge >= 0.3 is 6.01 Å². The summed E-state index contributed by atoms with van der Waals surface area (Å²) in [5, 5.41) is 3.17. The van der Waals surface area contributed by atoms with Gasteiger partial charge in [0.2, 0.25) is 0 Å². The molecule has 0 aliphatic carbocycles. The Hall–Kier alpha value is -1.20. The zero-order valence-electron chi connectivity index (χ0n) is 8.99. The summed E-state index contributed by atoms with van der Waals surface area (Å²) in [6.45, 7) is 3.70. The summed E-state index contributed by atoms with van der Waals surface area (Å²) in [6.07, 6.45) is 1.82. The first kappa shape index (κ1) is 10.3. The zero-order chi connectivity index (χ0) is 10.7. The van der Waals surface area contributed by atoms with Crippen LogP contribution in [0.1, 0.15) is 24.2 Å². The molecule has 1 N–H and O–H groups in total. The summed E-state index contributed by atoms with van der Waals surface area (Å²) in [5.74, 6) is 0. The number of nitrogens with one attached hydrogen (secondary N) is 1. The summed E-state index contributed by atoms with van der Waals surface area (Å²) >= 11 is 0. The summed E-state index contributed by atoms with van der Waals surface area (Å²) in [7, 11) is 1.90. The Morgan fingerprint density at radius 3 is 3.27 bits per heavy atom. The standard InChI is InChI=1S/C10H15N3O2/c1-3-15-10-12-4-7-8(11-2)5-14-6-9(7)13-10/h4,8,11H,3,5-6H2,1-2H3. The van der Waals surface area contributed by atoms with Crippen molar-refractivity contribution < 1.29 is 9.47 Å². The van der Waals surface area contributed by atoms with Gasteiger partial charge in [-0.1, -0.05) is 0 Å². The summed E-state index contributed by atoms with van der Waals surface area (Å²) in [4.78, 5) is 8.45. The van der Waals surface area contributed by atoms with Crippen molar-refractivity contribution in [2.24, 2.45) is 0 Å². The Kier molecular flexibility index (Phi) is 3.13. The highest BCUT2D eigenvalue weighted by atomic mass is 16.5. The minimum absolute atomic E-state index is 0.185. The average molecular weight is 209 g/mol. The van der Waals surface area contributed by atoms with E-state index in [1.165, 1.54) is 0 Å². The van der Waals surface area contributed by atoms with Gasteiger partial charge in [0.1, 0.15) is 0 Å². The van der Waals surface area contributed by atoms with E-state index < -0.39 is 0 Å². The molecule has 0 radical (unpaired) electrons. The van der Waals surface area contributed by atoms with Gasteiger partial charge in [-0.15, -0.1) is 0 Å². The molecule has 5 heteroatoms. The van der Waals surface area contributed by atoms with E-state index in [0.717, 1.165) is 11.3 Å². The molecule has 1 aromatic rings. The summed E-state index contributed by atoms with van der Waals surface area (Å²) < 4.78 is 10.7. The van der Waals surface area contributed by atoms with Gasteiger partial charge in [0.05, 0.1) is 31.6 Å². The first-order valence-corrected chi connectivity index (χ1v) is 5.08. The van der Waals surface area contributed by atoms with Crippen LogP contribution in [-0.2, 0) is 11.3 Å². The molecule has 82 valence electrons. The van der Waals surface area contributed by atoms with Crippen LogP contribution in [0.5, 0.6) is 6.01 Å². The van der Waals surface area contributed by atoms with E-state index in [0.29, 0.717) is 25.8 Å². The van der Waals surface area contributed by atoms with Crippen molar-refractivity contribution >= 4 is 0 Å². The van der Waals surface area contributed by atoms with Crippen molar-refractivity contribution in [3.05, 3.63) is 17.5 Å². The maximum Gasteiger partial charge on any atom is 0.316 e. The fraction of sp³-hybridized carbons (Fsp3) is 0.600. The molecular formula is C10H15N3O2. The number of aromatic nitrogens is 2. The molecule has 0 aromatic carbocycles. The van der Waals surface area contributed by atoms with Gasteiger partial charge in [-0.3, -0.25) is 0 Å². The van der Waals surface area contributed by atoms with Crippen molar-refractivity contribution in [3.63, 3.8) is 0 Å². The van der Waals surface area contributed by atoms with Gasteiger partial charge in [0.15, 0.2) is 0 Å². The third-order valence-corrected chi connectivity index (χ3v) is 2.40. The molecule has 1 unspecified atom stereocenters. The lowest BCUT2D eigenvalue weighted by molar-refractivity contribution is 0.0801. The third kappa shape index (κ3) is 2.08. The van der Waals surface area contributed by atoms with Crippen LogP contribution in [0.2, 0.25) is 0 Å². The molecule has 0 spiro atoms. The van der Waals surface area contributed by atoms with Crippen LogP contribution in [-0.4, -0.2) is 30.2 Å². The van der Waals surface area contributed by atoms with Crippen LogP contribution >= 0.6 is 0 Å². The van der Waals surface area contributed by atoms with Gasteiger partial charge < -0.3 is 14.8 Å². The van der Waals surface area contributed by atoms with E-state index in [9.17, 15) is 0 Å². The van der Waals surface area contributed by atoms with Crippen molar-refractivity contribution in [1.82, 2.24) is 15.3 Å². The van der Waals surface area contributed by atoms with E-state index in [1.54, 1.807) is 0 Å². The Balaban J connectivity index is 2.27. The van der Waals surface area contributed by atoms with Gasteiger partial charge in [0, 0.05) is 11.8 Å². The molecule has 2 rings (SSSR count). The van der Waals surface area contributed by atoms with E-state index in [4.69, 9.17) is 9.47 Å². The predicted molar refractivity (Wildman–Crippen MR) is 54.7 cm³/mol. The van der Waals surface area contributed by atoms with Crippen LogP contribution in [0, 0.1) is 0 Å². The highest BCUT2D eigenvalue weighted by molar-refractivity contribution is 5.24. The Labute approximate surface area is 88.8 Å². The largest absolute Gasteiger partial charge is 0.464 e. The number of hydrogen-bond acceptors (Lipinski definition) is 5. The number of ether oxygens (including phenoxy) is 2. The quantitative estimate of drug-likeness (QED) is 0.792. The topological polar surface area (TPSA) is 56.3 Å². The fourth-order valence-corrected chi connectivity index (χ4v) is 1.62. The first-order chi connectivity index (χ1) is 7.35. The molecule has 2 heterocycles. The lowest BCUT2D eigenvalue weighted by Gasteiger charge is -2.24. The highest BCUT2D eigenvalue weighted by Gasteiger charge is 2.21. The molecule has 0 fully saturated rings. The molecule has 0 saturated heterocycles. The molecule has 1 atom stereocenters. The molecule has 0 bridgehead atoms. The smallest absolute Gasteiger partial charge is 0.316 e. The Morgan fingerprint density at radius 2 is 2.53 bits per heavy atom. The number of rotatable bonds is 3. The molecule has 1 aliphatic rings. The second-order valence-electron chi connectivity index (χ2n) is 3.34. The molecule has 0 saturated carbocycles. The van der Waals surface area contributed by atoms with Crippen LogP contribution in [0.4, 0.5) is 0 Å². The number of hydrogen-bond donors (Lipinski definition) is 1. The van der Waals surface area contributed by atoms with Gasteiger partial charge in [-0.25, -0.2) is 4.98 Å². The average Bonchev–Trinajstić information content (AvgIpc) is 2.28. The fourth-order valence-electron chi connectivity index (χ4n) is 1.62. The highest BCUT2D eigenvalue weighted by Crippen LogP contribution is 2.23. The molecule has 15 heavy (non-hydrogen) atoms. The Bertz CT molecular complexity index is 343. The van der Waals surface area contributed by atoms with Crippen molar-refractivity contribution in [2.45, 2.75) is 19.6 Å². The number of nitrogens with zero attached hydrogens (tertiary/aromatic N) is 2. The first-order valence-electron chi connectivity index (χ1n) is 5.08. The van der Waals surface area contributed by atoms with Crippen LogP contribution in [0.25, 0.3) is 0 Å². The SMILES string of the molecule is CCOc1ncc2c(n1)COCC2NC. The number of fused-ring (bicyclic) bond motifs is 1. The normalized spacial score (nSPS) is 19.7. The van der Waals surface area contributed by atoms with Crippen molar-refractivity contribution in [2.75, 3.05) is 20.3 Å². The van der Waals surface area contributed by atoms with E-state index in [2.05, 4.69) is 15.3 Å². The molecular weight excluding hydrogens is 194 g/mol. The Morgan fingerprint density at radius 1 is 1.67 bits per heavy atom. The monoisotopic (exact) mass is 209 g/mol. The van der Waals surface area contributed by atoms with Crippen molar-refractivity contribution in [1.29, 1.82) is 0 Å². The number of likely N-dealkylation sites (N-methyl/N-ethyl adjacent to an activating group) is 1. The lowest BCUT2D eigenvalue weighted by atomic mass is 10.1. The van der Waals surface area contributed by atoms with E-state index in [-0.39, 0.29) is 6.04 Å². The maximum absolute atomic E-state index is 5.42. The lowest BCUT2D eigenvalue weighted by Crippen LogP contribution is -2.28. The van der Waals surface area contributed by atoms with Crippen molar-refractivity contribution in [3.8, 4) is 6.01 Å². The van der Waals surface area contributed by atoms with Gasteiger partial charge in [-0.2, -0.15) is 4.98 Å². The van der Waals surface area contributed by atoms with E-state index in [1.807, 2.05) is 20.2 Å². The van der Waals surface area contributed by atoms with E-state index >= 15 is 0 Å². The minimum Gasteiger partial charge on any atom is -0.464 e. The third-order valence-electron chi connectivity index (χ3n) is 2.40. The minimum atomic E-state index is 0.185. The predicted octanol–water partition coefficient (Wildman–Crippen LogP) is 0.666. The molecule has 5 nitrogen and oxygen atoms in total. The molecule has 0 amide bonds. The van der Waals surface area contributed by atoms with Crippen LogP contribution < -0.4 is 10.1 Å². The van der Waals surface area contributed by atoms with Gasteiger partial charge in [0.25, 0.3) is 0 Å². The molecule has 1 aliphatic heterocycles. The summed E-state index contributed by atoms with van der Waals surface area (Å²) in [5.41, 5.74) is 2.02. The second-order valence-corrected chi connectivity index (χ2v) is 3.34. The summed E-state index contributed by atoms with van der Waals surface area (Å²) in [6, 6.07) is 0.612. The van der Waals surface area contributed by atoms with Crippen LogP contribution in [0.15, 0.2) is 6.20 Å².